The van der Waals surface area contributed by atoms with Gasteiger partial charge in [-0.15, -0.1) is 23.1 Å². The summed E-state index contributed by atoms with van der Waals surface area (Å²) in [7, 11) is 0. The third-order valence-corrected chi connectivity index (χ3v) is 6.20. The molecule has 6 nitrogen and oxygen atoms in total. The molecule has 0 aliphatic rings. The number of benzene rings is 2. The highest BCUT2D eigenvalue weighted by atomic mass is 32.2. The van der Waals surface area contributed by atoms with Gasteiger partial charge in [0.25, 0.3) is 11.5 Å². The molecule has 0 spiro atoms. The zero-order valence-electron chi connectivity index (χ0n) is 16.1. The first-order valence-electron chi connectivity index (χ1n) is 9.19. The molecule has 8 heteroatoms. The van der Waals surface area contributed by atoms with Crippen molar-refractivity contribution in [3.63, 3.8) is 0 Å². The maximum atomic E-state index is 12.9. The number of aromatic nitrogens is 3. The van der Waals surface area contributed by atoms with E-state index in [1.165, 1.54) is 6.07 Å². The predicted octanol–water partition coefficient (Wildman–Crippen LogP) is 4.75. The number of anilines is 1. The summed E-state index contributed by atoms with van der Waals surface area (Å²) < 4.78 is 0. The van der Waals surface area contributed by atoms with E-state index in [4.69, 9.17) is 0 Å². The number of hydrogen-bond acceptors (Lipinski definition) is 6. The zero-order valence-corrected chi connectivity index (χ0v) is 17.7. The molecule has 4 rings (SSSR count). The Hall–Kier alpha value is -3.23. The van der Waals surface area contributed by atoms with Crippen LogP contribution in [0.15, 0.2) is 75.7 Å². The van der Waals surface area contributed by atoms with Crippen LogP contribution in [0.5, 0.6) is 0 Å². The number of thiazole rings is 1. The van der Waals surface area contributed by atoms with Gasteiger partial charge in [-0.05, 0) is 37.3 Å². The molecular formula is C22H18N4O2S2. The van der Waals surface area contributed by atoms with Crippen molar-refractivity contribution in [2.45, 2.75) is 17.6 Å². The van der Waals surface area contributed by atoms with E-state index in [0.29, 0.717) is 22.7 Å². The molecule has 150 valence electrons. The minimum Gasteiger partial charge on any atom is -0.322 e. The van der Waals surface area contributed by atoms with Crippen LogP contribution in [0.4, 0.5) is 5.69 Å². The van der Waals surface area contributed by atoms with Crippen LogP contribution in [-0.2, 0) is 5.75 Å². The number of rotatable bonds is 6. The molecule has 0 saturated heterocycles. The van der Waals surface area contributed by atoms with Gasteiger partial charge in [-0.2, -0.15) is 5.10 Å². The highest BCUT2D eigenvalue weighted by Gasteiger charge is 2.13. The predicted molar refractivity (Wildman–Crippen MR) is 121 cm³/mol. The fourth-order valence-corrected chi connectivity index (χ4v) is 4.53. The average Bonchev–Trinajstić information content (AvgIpc) is 3.18. The molecule has 0 unspecified atom stereocenters. The molecule has 0 saturated carbocycles. The third-order valence-electron chi connectivity index (χ3n) is 4.27. The Bertz CT molecular complexity index is 1230. The quantitative estimate of drug-likeness (QED) is 0.428. The van der Waals surface area contributed by atoms with Gasteiger partial charge in [0.15, 0.2) is 0 Å². The molecule has 30 heavy (non-hydrogen) atoms. The molecule has 1 amide bonds. The van der Waals surface area contributed by atoms with E-state index in [2.05, 4.69) is 20.5 Å². The Balaban J connectivity index is 1.51. The summed E-state index contributed by atoms with van der Waals surface area (Å²) in [6.07, 6.45) is 0. The fourth-order valence-electron chi connectivity index (χ4n) is 2.87. The van der Waals surface area contributed by atoms with Gasteiger partial charge in [-0.3, -0.25) is 9.59 Å². The van der Waals surface area contributed by atoms with Gasteiger partial charge in [-0.25, -0.2) is 10.1 Å². The minimum atomic E-state index is -0.259. The van der Waals surface area contributed by atoms with Crippen LogP contribution >= 0.6 is 23.1 Å². The number of nitrogens with zero attached hydrogens (tertiary/aromatic N) is 2. The molecule has 0 radical (unpaired) electrons. The Morgan fingerprint density at radius 3 is 2.77 bits per heavy atom. The van der Waals surface area contributed by atoms with E-state index in [0.717, 1.165) is 21.2 Å². The van der Waals surface area contributed by atoms with Crippen molar-refractivity contribution in [1.82, 2.24) is 15.2 Å². The van der Waals surface area contributed by atoms with Crippen LogP contribution in [0.3, 0.4) is 0 Å². The Labute approximate surface area is 181 Å². The number of carbonyl (C=O) groups is 1. The molecule has 0 aliphatic heterocycles. The van der Waals surface area contributed by atoms with Gasteiger partial charge in [-0.1, -0.05) is 24.3 Å². The summed E-state index contributed by atoms with van der Waals surface area (Å²) in [5, 5.41) is 12.5. The fraction of sp³-hybridized carbons (Fsp3) is 0.0909. The molecule has 0 atom stereocenters. The summed E-state index contributed by atoms with van der Waals surface area (Å²) in [6, 6.07) is 18.0. The second-order valence-electron chi connectivity index (χ2n) is 6.48. The number of aryl methyl sites for hydroxylation is 1. The van der Waals surface area contributed by atoms with Crippen LogP contribution in [0.25, 0.3) is 11.3 Å². The molecule has 0 bridgehead atoms. The molecule has 2 aromatic carbocycles. The van der Waals surface area contributed by atoms with Gasteiger partial charge < -0.3 is 5.32 Å². The largest absolute Gasteiger partial charge is 0.322 e. The number of nitrogens with one attached hydrogen (secondary N) is 2. The first kappa shape index (κ1) is 20.1. The maximum absolute atomic E-state index is 12.9. The third kappa shape index (κ3) is 4.84. The number of thioether (sulfide) groups is 1. The molecule has 2 N–H and O–H groups in total. The van der Waals surface area contributed by atoms with E-state index >= 15 is 0 Å². The lowest BCUT2D eigenvalue weighted by molar-refractivity contribution is 0.102. The SMILES string of the molecule is Cc1nc(CSc2ccccc2C(=O)Nc2cccc(-c3ccc(=O)[nH]n3)c2)cs1. The summed E-state index contributed by atoms with van der Waals surface area (Å²) in [5.74, 6) is 0.529. The van der Waals surface area contributed by atoms with Gasteiger partial charge in [0, 0.05) is 33.3 Å². The lowest BCUT2D eigenvalue weighted by atomic mass is 10.1. The second-order valence-corrected chi connectivity index (χ2v) is 8.56. The first-order chi connectivity index (χ1) is 14.6. The van der Waals surface area contributed by atoms with E-state index < -0.39 is 0 Å². The van der Waals surface area contributed by atoms with Gasteiger partial charge >= 0.3 is 0 Å². The number of H-pyrrole nitrogens is 1. The smallest absolute Gasteiger partial charge is 0.264 e. The summed E-state index contributed by atoms with van der Waals surface area (Å²) in [5.41, 5.74) is 3.44. The van der Waals surface area contributed by atoms with E-state index in [9.17, 15) is 9.59 Å². The summed E-state index contributed by atoms with van der Waals surface area (Å²) in [6.45, 7) is 1.98. The number of carbonyl (C=O) groups excluding carboxylic acids is 1. The highest BCUT2D eigenvalue weighted by molar-refractivity contribution is 7.98. The van der Waals surface area contributed by atoms with Crippen molar-refractivity contribution in [3.8, 4) is 11.3 Å². The molecule has 0 aliphatic carbocycles. The number of hydrogen-bond donors (Lipinski definition) is 2. The van der Waals surface area contributed by atoms with Crippen molar-refractivity contribution in [2.24, 2.45) is 0 Å². The van der Waals surface area contributed by atoms with Gasteiger partial charge in [0.05, 0.1) is 22.0 Å². The van der Waals surface area contributed by atoms with Crippen molar-refractivity contribution < 1.29 is 4.79 Å². The topological polar surface area (TPSA) is 87.7 Å². The lowest BCUT2D eigenvalue weighted by Gasteiger charge is -2.10. The maximum Gasteiger partial charge on any atom is 0.264 e. The summed E-state index contributed by atoms with van der Waals surface area (Å²) >= 11 is 3.22. The Morgan fingerprint density at radius 2 is 2.00 bits per heavy atom. The lowest BCUT2D eigenvalue weighted by Crippen LogP contribution is -2.13. The monoisotopic (exact) mass is 434 g/mol. The first-order valence-corrected chi connectivity index (χ1v) is 11.1. The minimum absolute atomic E-state index is 0.181. The van der Waals surface area contributed by atoms with Crippen LogP contribution in [0, 0.1) is 6.92 Å². The molecule has 2 heterocycles. The van der Waals surface area contributed by atoms with Crippen LogP contribution in [0.2, 0.25) is 0 Å². The van der Waals surface area contributed by atoms with E-state index in [-0.39, 0.29) is 11.5 Å². The summed E-state index contributed by atoms with van der Waals surface area (Å²) in [4.78, 5) is 29.5. The Morgan fingerprint density at radius 1 is 1.13 bits per heavy atom. The van der Waals surface area contributed by atoms with Gasteiger partial charge in [0.1, 0.15) is 0 Å². The molecule has 0 fully saturated rings. The van der Waals surface area contributed by atoms with Crippen LogP contribution in [-0.4, -0.2) is 21.1 Å². The van der Waals surface area contributed by atoms with E-state index in [1.54, 1.807) is 29.2 Å². The molecular weight excluding hydrogens is 416 g/mol. The second kappa shape index (κ2) is 9.06. The van der Waals surface area contributed by atoms with Crippen LogP contribution in [0.1, 0.15) is 21.1 Å². The van der Waals surface area contributed by atoms with E-state index in [1.807, 2.05) is 60.8 Å². The standard InChI is InChI=1S/C22H18N4O2S2/c1-14-23-17(12-29-14)13-30-20-8-3-2-7-18(20)22(28)24-16-6-4-5-15(11-16)19-9-10-21(27)26-25-19/h2-12H,13H2,1H3,(H,24,28)(H,26,27). The van der Waals surface area contributed by atoms with Crippen molar-refractivity contribution in [1.29, 1.82) is 0 Å². The van der Waals surface area contributed by atoms with Crippen molar-refractivity contribution >= 4 is 34.7 Å². The number of amides is 1. The molecule has 4 aromatic rings. The zero-order chi connectivity index (χ0) is 20.9. The average molecular weight is 435 g/mol. The van der Waals surface area contributed by atoms with Crippen LogP contribution < -0.4 is 10.9 Å². The van der Waals surface area contributed by atoms with Crippen molar-refractivity contribution in [2.75, 3.05) is 5.32 Å². The highest BCUT2D eigenvalue weighted by Crippen LogP contribution is 2.28. The normalized spacial score (nSPS) is 10.7. The van der Waals surface area contributed by atoms with Gasteiger partial charge in [0.2, 0.25) is 0 Å². The van der Waals surface area contributed by atoms with Crippen molar-refractivity contribution in [3.05, 3.63) is 92.7 Å². The number of aromatic amines is 1. The Kier molecular flexibility index (Phi) is 6.06. The molecule has 2 aromatic heterocycles.